The minimum atomic E-state index is -1.35. The lowest BCUT2D eigenvalue weighted by molar-refractivity contribution is -0.131. The van der Waals surface area contributed by atoms with Crippen molar-refractivity contribution in [2.75, 3.05) is 18.2 Å². The number of aliphatic hydroxyl groups is 1. The number of carbonyl (C=O) groups is 1. The summed E-state index contributed by atoms with van der Waals surface area (Å²) in [6.45, 7) is 0.229. The molecule has 3 N–H and O–H groups in total. The lowest BCUT2D eigenvalue weighted by atomic mass is 9.73. The largest absolute Gasteiger partial charge is 0.478 e. The van der Waals surface area contributed by atoms with Gasteiger partial charge in [0.25, 0.3) is 0 Å². The molecule has 2 aliphatic rings. The number of rotatable bonds is 8. The van der Waals surface area contributed by atoms with Gasteiger partial charge in [-0.2, -0.15) is 5.43 Å². The van der Waals surface area contributed by atoms with E-state index in [0.717, 1.165) is 52.4 Å². The number of hydrazine groups is 1. The second-order valence-corrected chi connectivity index (χ2v) is 9.22. The first-order chi connectivity index (χ1) is 17.5. The van der Waals surface area contributed by atoms with Gasteiger partial charge in [-0.3, -0.25) is 0 Å². The number of carboxylic acids is 1. The first kappa shape index (κ1) is 24.0. The molecule has 1 aliphatic carbocycles. The van der Waals surface area contributed by atoms with Crippen LogP contribution in [0, 0.1) is 5.92 Å². The average molecular weight is 485 g/mol. The fraction of sp³-hybridized carbons (Fsp3) is 0.233. The number of carboxylic acid groups (broad SMARTS) is 1. The predicted octanol–water partition coefficient (Wildman–Crippen LogP) is 5.83. The van der Waals surface area contributed by atoms with Crippen LogP contribution < -0.4 is 10.4 Å². The van der Waals surface area contributed by atoms with Gasteiger partial charge >= 0.3 is 5.97 Å². The maximum absolute atomic E-state index is 15.0. The van der Waals surface area contributed by atoms with Crippen LogP contribution in [0.1, 0.15) is 53.4 Å². The van der Waals surface area contributed by atoms with Crippen LogP contribution in [0.2, 0.25) is 0 Å². The van der Waals surface area contributed by atoms with E-state index in [2.05, 4.69) is 17.6 Å². The summed E-state index contributed by atoms with van der Waals surface area (Å²) in [7, 11) is 0. The molecule has 184 valence electrons. The third-order valence-corrected chi connectivity index (χ3v) is 6.96. The minimum Gasteiger partial charge on any atom is -0.478 e. The summed E-state index contributed by atoms with van der Waals surface area (Å²) in [5.41, 5.74) is 10.3. The number of allylic oxidation sites excluding steroid dienone is 1. The molecule has 1 heterocycles. The molecule has 1 unspecified atom stereocenters. The van der Waals surface area contributed by atoms with Gasteiger partial charge in [0, 0.05) is 11.6 Å². The van der Waals surface area contributed by atoms with E-state index in [4.69, 9.17) is 5.11 Å². The third-order valence-electron chi connectivity index (χ3n) is 6.96. The van der Waals surface area contributed by atoms with Gasteiger partial charge in [0.2, 0.25) is 0 Å². The molecule has 5 rings (SSSR count). The van der Waals surface area contributed by atoms with Gasteiger partial charge in [-0.25, -0.2) is 9.18 Å². The van der Waals surface area contributed by atoms with Crippen LogP contribution in [-0.2, 0) is 4.79 Å². The highest BCUT2D eigenvalue weighted by Gasteiger charge is 2.31. The van der Waals surface area contributed by atoms with Crippen LogP contribution in [0.4, 0.5) is 10.1 Å². The number of halogens is 1. The van der Waals surface area contributed by atoms with Gasteiger partial charge in [-0.1, -0.05) is 67.1 Å². The molecule has 0 radical (unpaired) electrons. The Morgan fingerprint density at radius 2 is 1.72 bits per heavy atom. The van der Waals surface area contributed by atoms with Crippen LogP contribution in [0.5, 0.6) is 0 Å². The van der Waals surface area contributed by atoms with Crippen molar-refractivity contribution in [3.63, 3.8) is 0 Å². The Morgan fingerprint density at radius 3 is 2.36 bits per heavy atom. The summed E-state index contributed by atoms with van der Waals surface area (Å²) in [5.74, 6) is -0.578. The summed E-state index contributed by atoms with van der Waals surface area (Å²) in [6, 6.07) is 24.1. The lowest BCUT2D eigenvalue weighted by Gasteiger charge is -2.32. The molecular weight excluding hydrogens is 455 g/mol. The molecule has 6 heteroatoms. The van der Waals surface area contributed by atoms with Gasteiger partial charge < -0.3 is 15.2 Å². The SMILES string of the molecule is O=C(O)/C=C/c1ccc(/C(=C(\c2ccccc2)C2CCC2)c2ccc3c(c2)C(F)NN3CCO)cc1. The summed E-state index contributed by atoms with van der Waals surface area (Å²) in [4.78, 5) is 10.9. The highest BCUT2D eigenvalue weighted by atomic mass is 19.1. The number of fused-ring (bicyclic) bond motifs is 1. The lowest BCUT2D eigenvalue weighted by Crippen LogP contribution is -2.35. The number of hydrogen-bond acceptors (Lipinski definition) is 4. The smallest absolute Gasteiger partial charge is 0.328 e. The van der Waals surface area contributed by atoms with Crippen molar-refractivity contribution in [3.8, 4) is 0 Å². The molecule has 0 amide bonds. The van der Waals surface area contributed by atoms with E-state index >= 15 is 0 Å². The molecule has 5 nitrogen and oxygen atoms in total. The zero-order valence-corrected chi connectivity index (χ0v) is 19.9. The first-order valence-corrected chi connectivity index (χ1v) is 12.3. The zero-order chi connectivity index (χ0) is 25.1. The fourth-order valence-corrected chi connectivity index (χ4v) is 5.02. The molecule has 36 heavy (non-hydrogen) atoms. The van der Waals surface area contributed by atoms with Gasteiger partial charge in [0.15, 0.2) is 6.30 Å². The molecule has 0 saturated heterocycles. The van der Waals surface area contributed by atoms with Gasteiger partial charge in [-0.05, 0) is 70.4 Å². The summed E-state index contributed by atoms with van der Waals surface area (Å²) in [5, 5.41) is 20.0. The van der Waals surface area contributed by atoms with E-state index in [9.17, 15) is 14.3 Å². The van der Waals surface area contributed by atoms with Gasteiger partial charge in [-0.15, -0.1) is 0 Å². The number of nitrogens with one attached hydrogen (secondary N) is 1. The van der Waals surface area contributed by atoms with Crippen LogP contribution in [0.15, 0.2) is 78.9 Å². The van der Waals surface area contributed by atoms with Gasteiger partial charge in [0.05, 0.1) is 18.8 Å². The van der Waals surface area contributed by atoms with Crippen molar-refractivity contribution < 1.29 is 19.4 Å². The Morgan fingerprint density at radius 1 is 1.00 bits per heavy atom. The standard InChI is InChI=1S/C30H29FN2O3/c31-30-25-19-24(14-15-26(25)33(32-30)17-18-34)29(23-12-9-20(10-13-23)11-16-27(35)36)28(22-7-4-8-22)21-5-2-1-3-6-21/h1-3,5-6,9-16,19,22,30,32,34H,4,7-8,17-18H2,(H,35,36)/b16-11+,29-28-. The van der Waals surface area contributed by atoms with E-state index in [1.165, 1.54) is 12.0 Å². The average Bonchev–Trinajstić information content (AvgIpc) is 3.17. The Labute approximate surface area is 210 Å². The summed E-state index contributed by atoms with van der Waals surface area (Å²) in [6.07, 6.45) is 4.75. The Hall–Kier alpha value is -3.74. The van der Waals surface area contributed by atoms with Crippen LogP contribution in [-0.4, -0.2) is 29.3 Å². The molecule has 1 fully saturated rings. The number of benzene rings is 3. The van der Waals surface area contributed by atoms with Crippen LogP contribution in [0.25, 0.3) is 17.2 Å². The number of anilines is 1. The van der Waals surface area contributed by atoms with Gasteiger partial charge in [0.1, 0.15) is 0 Å². The van der Waals surface area contributed by atoms with E-state index < -0.39 is 12.3 Å². The second kappa shape index (κ2) is 10.5. The molecule has 3 aromatic rings. The number of aliphatic carboxylic acids is 1. The zero-order valence-electron chi connectivity index (χ0n) is 19.9. The fourth-order valence-electron chi connectivity index (χ4n) is 5.02. The maximum Gasteiger partial charge on any atom is 0.328 e. The molecule has 0 spiro atoms. The molecule has 0 bridgehead atoms. The number of alkyl halides is 1. The maximum atomic E-state index is 15.0. The highest BCUT2D eigenvalue weighted by molar-refractivity contribution is 6.00. The van der Waals surface area contributed by atoms with E-state index in [0.29, 0.717) is 18.0 Å². The highest BCUT2D eigenvalue weighted by Crippen LogP contribution is 2.46. The third kappa shape index (κ3) is 4.83. The Kier molecular flexibility index (Phi) is 6.98. The van der Waals surface area contributed by atoms with E-state index in [1.807, 2.05) is 60.7 Å². The van der Waals surface area contributed by atoms with Crippen molar-refractivity contribution >= 4 is 28.9 Å². The molecular formula is C30H29FN2O3. The van der Waals surface area contributed by atoms with E-state index in [1.54, 1.807) is 11.1 Å². The molecule has 0 aromatic heterocycles. The quantitative estimate of drug-likeness (QED) is 0.213. The Bertz CT molecular complexity index is 1300. The number of β-amino-alcohol motifs (C(OH)–C–C–N with tert-alkyl or cyclic N) is 1. The van der Waals surface area contributed by atoms with Crippen LogP contribution in [0.3, 0.4) is 0 Å². The number of aliphatic hydroxyl groups excluding tert-OH is 1. The molecule has 1 atom stereocenters. The first-order valence-electron chi connectivity index (χ1n) is 12.3. The summed E-state index contributed by atoms with van der Waals surface area (Å²) < 4.78 is 15.0. The molecule has 1 saturated carbocycles. The van der Waals surface area contributed by atoms with Crippen LogP contribution >= 0.6 is 0 Å². The topological polar surface area (TPSA) is 72.8 Å². The summed E-state index contributed by atoms with van der Waals surface area (Å²) >= 11 is 0. The van der Waals surface area contributed by atoms with Crippen molar-refractivity contribution in [2.24, 2.45) is 5.92 Å². The van der Waals surface area contributed by atoms with Crippen molar-refractivity contribution in [1.82, 2.24) is 5.43 Å². The number of nitrogens with zero attached hydrogens (tertiary/aromatic N) is 1. The molecule has 1 aliphatic heterocycles. The normalized spacial score (nSPS) is 18.2. The number of hydrogen-bond donors (Lipinski definition) is 3. The minimum absolute atomic E-state index is 0.0748. The Balaban J connectivity index is 1.68. The van der Waals surface area contributed by atoms with Crippen molar-refractivity contribution in [3.05, 3.63) is 107 Å². The van der Waals surface area contributed by atoms with E-state index in [-0.39, 0.29) is 6.61 Å². The molecule has 3 aromatic carbocycles. The van der Waals surface area contributed by atoms with Crippen molar-refractivity contribution in [2.45, 2.75) is 25.6 Å². The second-order valence-electron chi connectivity index (χ2n) is 9.22. The monoisotopic (exact) mass is 484 g/mol. The predicted molar refractivity (Wildman–Crippen MR) is 141 cm³/mol. The van der Waals surface area contributed by atoms with Crippen molar-refractivity contribution in [1.29, 1.82) is 0 Å².